The first-order chi connectivity index (χ1) is 8.85. The molecular formula is C13H20ClN3O2. The van der Waals surface area contributed by atoms with E-state index < -0.39 is 5.60 Å². The van der Waals surface area contributed by atoms with Crippen LogP contribution in [0.1, 0.15) is 45.2 Å². The standard InChI is InChI=1S/C13H20ClN3O2/c1-13(2,3)19-12(18)17-6-4-9(5-7-17)10-8-11(14)16-15-10/h8-9H,4-7H2,1-3H3,(H,15,16). The van der Waals surface area contributed by atoms with Gasteiger partial charge in [0.15, 0.2) is 5.15 Å². The van der Waals surface area contributed by atoms with Gasteiger partial charge < -0.3 is 9.64 Å². The summed E-state index contributed by atoms with van der Waals surface area (Å²) >= 11 is 5.80. The summed E-state index contributed by atoms with van der Waals surface area (Å²) in [6.07, 6.45) is 1.57. The monoisotopic (exact) mass is 285 g/mol. The molecule has 1 aliphatic heterocycles. The van der Waals surface area contributed by atoms with Gasteiger partial charge in [-0.3, -0.25) is 5.10 Å². The number of aromatic amines is 1. The summed E-state index contributed by atoms with van der Waals surface area (Å²) in [5.41, 5.74) is 0.610. The van der Waals surface area contributed by atoms with Gasteiger partial charge in [0.05, 0.1) is 0 Å². The van der Waals surface area contributed by atoms with Crippen molar-refractivity contribution in [3.8, 4) is 0 Å². The number of nitrogens with zero attached hydrogens (tertiary/aromatic N) is 2. The molecule has 0 bridgehead atoms. The van der Waals surface area contributed by atoms with Crippen molar-refractivity contribution < 1.29 is 9.53 Å². The van der Waals surface area contributed by atoms with Gasteiger partial charge >= 0.3 is 6.09 Å². The minimum Gasteiger partial charge on any atom is -0.444 e. The van der Waals surface area contributed by atoms with E-state index in [1.54, 1.807) is 4.90 Å². The van der Waals surface area contributed by atoms with Gasteiger partial charge in [0.2, 0.25) is 0 Å². The van der Waals surface area contributed by atoms with Crippen LogP contribution in [0, 0.1) is 0 Å². The Bertz CT molecular complexity index is 445. The lowest BCUT2D eigenvalue weighted by Gasteiger charge is -2.33. The maximum atomic E-state index is 11.9. The Morgan fingerprint density at radius 2 is 2.11 bits per heavy atom. The minimum absolute atomic E-state index is 0.228. The molecule has 1 amide bonds. The fraction of sp³-hybridized carbons (Fsp3) is 0.692. The van der Waals surface area contributed by atoms with Gasteiger partial charge in [-0.05, 0) is 39.7 Å². The van der Waals surface area contributed by atoms with Crippen molar-refractivity contribution in [2.45, 2.75) is 45.1 Å². The molecule has 1 fully saturated rings. The number of hydrogen-bond donors (Lipinski definition) is 1. The molecular weight excluding hydrogens is 266 g/mol. The summed E-state index contributed by atoms with van der Waals surface area (Å²) in [7, 11) is 0. The molecule has 1 aromatic rings. The quantitative estimate of drug-likeness (QED) is 0.862. The zero-order chi connectivity index (χ0) is 14.0. The van der Waals surface area contributed by atoms with Crippen LogP contribution in [0.25, 0.3) is 0 Å². The van der Waals surface area contributed by atoms with E-state index in [0.717, 1.165) is 18.5 Å². The van der Waals surface area contributed by atoms with Crippen molar-refractivity contribution in [2.75, 3.05) is 13.1 Å². The maximum absolute atomic E-state index is 11.9. The highest BCUT2D eigenvalue weighted by molar-refractivity contribution is 6.29. The number of halogens is 1. The van der Waals surface area contributed by atoms with Gasteiger partial charge in [0.25, 0.3) is 0 Å². The topological polar surface area (TPSA) is 58.2 Å². The third kappa shape index (κ3) is 3.86. The van der Waals surface area contributed by atoms with E-state index in [9.17, 15) is 4.79 Å². The second-order valence-corrected chi connectivity index (χ2v) is 6.27. The molecule has 2 heterocycles. The predicted molar refractivity (Wildman–Crippen MR) is 73.4 cm³/mol. The van der Waals surface area contributed by atoms with Crippen molar-refractivity contribution >= 4 is 17.7 Å². The Hall–Kier alpha value is -1.23. The SMILES string of the molecule is CC(C)(C)OC(=O)N1CCC(c2cc(Cl)n[nH]2)CC1. The van der Waals surface area contributed by atoms with E-state index in [2.05, 4.69) is 10.2 Å². The summed E-state index contributed by atoms with van der Waals surface area (Å²) in [6.45, 7) is 7.05. The molecule has 1 saturated heterocycles. The van der Waals surface area contributed by atoms with E-state index in [0.29, 0.717) is 24.2 Å². The van der Waals surface area contributed by atoms with E-state index in [1.807, 2.05) is 26.8 Å². The number of carbonyl (C=O) groups is 1. The first-order valence-electron chi connectivity index (χ1n) is 6.54. The van der Waals surface area contributed by atoms with E-state index in [-0.39, 0.29) is 6.09 Å². The average Bonchev–Trinajstić information content (AvgIpc) is 2.74. The molecule has 1 N–H and O–H groups in total. The van der Waals surface area contributed by atoms with Crippen LogP contribution in [-0.2, 0) is 4.74 Å². The Morgan fingerprint density at radius 1 is 1.47 bits per heavy atom. The third-order valence-electron chi connectivity index (χ3n) is 3.15. The molecule has 2 rings (SSSR count). The van der Waals surface area contributed by atoms with E-state index in [4.69, 9.17) is 16.3 Å². The first kappa shape index (κ1) is 14.2. The highest BCUT2D eigenvalue weighted by Gasteiger charge is 2.28. The number of H-pyrrole nitrogens is 1. The highest BCUT2D eigenvalue weighted by atomic mass is 35.5. The molecule has 0 atom stereocenters. The summed E-state index contributed by atoms with van der Waals surface area (Å²) in [6, 6.07) is 1.86. The van der Waals surface area contributed by atoms with Crippen LogP contribution in [0.5, 0.6) is 0 Å². The lowest BCUT2D eigenvalue weighted by atomic mass is 9.94. The second kappa shape index (κ2) is 5.41. The third-order valence-corrected chi connectivity index (χ3v) is 3.35. The highest BCUT2D eigenvalue weighted by Crippen LogP contribution is 2.28. The van der Waals surface area contributed by atoms with Gasteiger partial charge in [-0.15, -0.1) is 0 Å². The van der Waals surface area contributed by atoms with Crippen LogP contribution < -0.4 is 0 Å². The van der Waals surface area contributed by atoms with Crippen LogP contribution >= 0.6 is 11.6 Å². The summed E-state index contributed by atoms with van der Waals surface area (Å²) < 4.78 is 5.37. The van der Waals surface area contributed by atoms with Crippen LogP contribution in [0.2, 0.25) is 5.15 Å². The van der Waals surface area contributed by atoms with Crippen LogP contribution in [0.15, 0.2) is 6.07 Å². The fourth-order valence-corrected chi connectivity index (χ4v) is 2.38. The van der Waals surface area contributed by atoms with E-state index >= 15 is 0 Å². The zero-order valence-electron chi connectivity index (χ0n) is 11.6. The van der Waals surface area contributed by atoms with Crippen LogP contribution in [0.3, 0.4) is 0 Å². The smallest absolute Gasteiger partial charge is 0.410 e. The molecule has 0 aliphatic carbocycles. The van der Waals surface area contributed by atoms with Gasteiger partial charge in [0, 0.05) is 24.7 Å². The number of hydrogen-bond acceptors (Lipinski definition) is 3. The Balaban J connectivity index is 1.87. The second-order valence-electron chi connectivity index (χ2n) is 5.89. The number of nitrogens with one attached hydrogen (secondary N) is 1. The number of rotatable bonds is 1. The molecule has 1 aliphatic rings. The van der Waals surface area contributed by atoms with Gasteiger partial charge in [-0.2, -0.15) is 5.10 Å². The van der Waals surface area contributed by atoms with Crippen molar-refractivity contribution in [1.29, 1.82) is 0 Å². The molecule has 1 aromatic heterocycles. The normalized spacial score (nSPS) is 17.6. The number of aromatic nitrogens is 2. The van der Waals surface area contributed by atoms with Crippen molar-refractivity contribution in [3.05, 3.63) is 16.9 Å². The molecule has 106 valence electrons. The number of ether oxygens (including phenoxy) is 1. The summed E-state index contributed by atoms with van der Waals surface area (Å²) in [5.74, 6) is 0.388. The first-order valence-corrected chi connectivity index (χ1v) is 6.92. The fourth-order valence-electron chi connectivity index (χ4n) is 2.22. The lowest BCUT2D eigenvalue weighted by molar-refractivity contribution is 0.0204. The molecule has 0 spiro atoms. The molecule has 0 radical (unpaired) electrons. The van der Waals surface area contributed by atoms with Crippen molar-refractivity contribution in [1.82, 2.24) is 15.1 Å². The van der Waals surface area contributed by atoms with Crippen LogP contribution in [-0.4, -0.2) is 39.9 Å². The number of amides is 1. The van der Waals surface area contributed by atoms with E-state index in [1.165, 1.54) is 0 Å². The summed E-state index contributed by atoms with van der Waals surface area (Å²) in [5, 5.41) is 7.36. The zero-order valence-corrected chi connectivity index (χ0v) is 12.3. The van der Waals surface area contributed by atoms with Gasteiger partial charge in [-0.1, -0.05) is 11.6 Å². The largest absolute Gasteiger partial charge is 0.444 e. The Labute approximate surface area is 118 Å². The maximum Gasteiger partial charge on any atom is 0.410 e. The van der Waals surface area contributed by atoms with Crippen LogP contribution in [0.4, 0.5) is 4.79 Å². The van der Waals surface area contributed by atoms with Crippen molar-refractivity contribution in [3.63, 3.8) is 0 Å². The molecule has 0 unspecified atom stereocenters. The predicted octanol–water partition coefficient (Wildman–Crippen LogP) is 3.18. The van der Waals surface area contributed by atoms with Crippen molar-refractivity contribution in [2.24, 2.45) is 0 Å². The molecule has 0 aromatic carbocycles. The van der Waals surface area contributed by atoms with Gasteiger partial charge in [-0.25, -0.2) is 4.79 Å². The molecule has 19 heavy (non-hydrogen) atoms. The number of carbonyl (C=O) groups excluding carboxylic acids is 1. The Morgan fingerprint density at radius 3 is 2.58 bits per heavy atom. The molecule has 0 saturated carbocycles. The Kier molecular flexibility index (Phi) is 4.04. The lowest BCUT2D eigenvalue weighted by Crippen LogP contribution is -2.41. The number of likely N-dealkylation sites (tertiary alicyclic amines) is 1. The number of piperidine rings is 1. The molecule has 5 nitrogen and oxygen atoms in total. The minimum atomic E-state index is -0.440. The van der Waals surface area contributed by atoms with Gasteiger partial charge in [0.1, 0.15) is 5.60 Å². The molecule has 6 heteroatoms. The average molecular weight is 286 g/mol. The summed E-state index contributed by atoms with van der Waals surface area (Å²) in [4.78, 5) is 13.7.